The van der Waals surface area contributed by atoms with Crippen molar-refractivity contribution in [2.24, 2.45) is 5.92 Å². The molecule has 2 amide bonds. The summed E-state index contributed by atoms with van der Waals surface area (Å²) in [5.41, 5.74) is 3.15. The van der Waals surface area contributed by atoms with Crippen LogP contribution in [-0.4, -0.2) is 70.8 Å². The Hall–Kier alpha value is -2.42. The molecule has 1 aromatic heterocycles. The molecule has 1 aromatic carbocycles. The van der Waals surface area contributed by atoms with E-state index in [9.17, 15) is 9.59 Å². The Balaban J connectivity index is 1.21. The number of carbonyl (C=O) groups excluding carboxylic acids is 2. The molecule has 0 aliphatic carbocycles. The molecule has 2 saturated heterocycles. The normalized spacial score (nSPS) is 18.1. The van der Waals surface area contributed by atoms with Gasteiger partial charge in [0.05, 0.1) is 6.54 Å². The molecule has 0 bridgehead atoms. The van der Waals surface area contributed by atoms with E-state index in [-0.39, 0.29) is 17.7 Å². The SMILES string of the molecule is Cc1ccnc(NC(=O)C2CCN(CC(=O)Nc3cccc(CN4CCSCC4)c3)CC2)c1. The molecule has 7 nitrogen and oxygen atoms in total. The first-order chi connectivity index (χ1) is 16.0. The summed E-state index contributed by atoms with van der Waals surface area (Å²) in [6.07, 6.45) is 3.19. The average molecular weight is 468 g/mol. The number of hydrogen-bond acceptors (Lipinski definition) is 6. The van der Waals surface area contributed by atoms with Crippen molar-refractivity contribution in [3.05, 3.63) is 53.7 Å². The summed E-state index contributed by atoms with van der Waals surface area (Å²) in [5, 5.41) is 5.97. The Morgan fingerprint density at radius 2 is 1.82 bits per heavy atom. The first-order valence-corrected chi connectivity index (χ1v) is 12.9. The van der Waals surface area contributed by atoms with E-state index in [1.807, 2.05) is 43.0 Å². The molecule has 0 radical (unpaired) electrons. The van der Waals surface area contributed by atoms with Crippen molar-refractivity contribution in [1.29, 1.82) is 0 Å². The summed E-state index contributed by atoms with van der Waals surface area (Å²) in [4.78, 5) is 34.0. The molecule has 176 valence electrons. The molecule has 0 unspecified atom stereocenters. The number of anilines is 2. The van der Waals surface area contributed by atoms with Crippen LogP contribution in [0.4, 0.5) is 11.5 Å². The molecule has 33 heavy (non-hydrogen) atoms. The van der Waals surface area contributed by atoms with Crippen LogP contribution in [0.3, 0.4) is 0 Å². The van der Waals surface area contributed by atoms with Crippen molar-refractivity contribution in [3.63, 3.8) is 0 Å². The van der Waals surface area contributed by atoms with Gasteiger partial charge in [0.2, 0.25) is 11.8 Å². The molecule has 4 rings (SSSR count). The first kappa shape index (κ1) is 23.7. The molecule has 8 heteroatoms. The van der Waals surface area contributed by atoms with Crippen LogP contribution in [0, 0.1) is 12.8 Å². The number of benzene rings is 1. The second kappa shape index (κ2) is 11.6. The standard InChI is InChI=1S/C25H33N5O2S/c1-19-5-8-26-23(15-19)28-25(32)21-6-9-29(10-7-21)18-24(31)27-22-4-2-3-20(16-22)17-30-11-13-33-14-12-30/h2-5,8,15-16,21H,6-7,9-14,17-18H2,1H3,(H,27,31)(H,26,28,32). The lowest BCUT2D eigenvalue weighted by Gasteiger charge is -2.30. The van der Waals surface area contributed by atoms with Crippen molar-refractivity contribution in [2.75, 3.05) is 54.9 Å². The Morgan fingerprint density at radius 1 is 1.03 bits per heavy atom. The quantitative estimate of drug-likeness (QED) is 0.651. The Kier molecular flexibility index (Phi) is 8.36. The molecule has 2 N–H and O–H groups in total. The smallest absolute Gasteiger partial charge is 0.238 e. The minimum Gasteiger partial charge on any atom is -0.325 e. The van der Waals surface area contributed by atoms with Crippen LogP contribution < -0.4 is 10.6 Å². The summed E-state index contributed by atoms with van der Waals surface area (Å²) in [5.74, 6) is 2.95. The highest BCUT2D eigenvalue weighted by Gasteiger charge is 2.26. The number of nitrogens with one attached hydrogen (secondary N) is 2. The number of aromatic nitrogens is 1. The summed E-state index contributed by atoms with van der Waals surface area (Å²) >= 11 is 2.01. The largest absolute Gasteiger partial charge is 0.325 e. The second-order valence-corrected chi connectivity index (χ2v) is 10.1. The van der Waals surface area contributed by atoms with E-state index in [1.54, 1.807) is 6.20 Å². The summed E-state index contributed by atoms with van der Waals surface area (Å²) in [7, 11) is 0. The van der Waals surface area contributed by atoms with Gasteiger partial charge in [-0.15, -0.1) is 0 Å². The van der Waals surface area contributed by atoms with E-state index in [0.717, 1.165) is 56.8 Å². The maximum atomic E-state index is 12.6. The lowest BCUT2D eigenvalue weighted by molar-refractivity contribution is -0.121. The fourth-order valence-corrected chi connectivity index (χ4v) is 5.33. The van der Waals surface area contributed by atoms with Crippen molar-refractivity contribution in [3.8, 4) is 0 Å². The number of thioether (sulfide) groups is 1. The molecule has 3 heterocycles. The average Bonchev–Trinajstić information content (AvgIpc) is 2.80. The van der Waals surface area contributed by atoms with Crippen LogP contribution in [0.5, 0.6) is 0 Å². The fraction of sp³-hybridized carbons (Fsp3) is 0.480. The summed E-state index contributed by atoms with van der Waals surface area (Å²) < 4.78 is 0. The van der Waals surface area contributed by atoms with Gasteiger partial charge in [-0.3, -0.25) is 19.4 Å². The van der Waals surface area contributed by atoms with E-state index in [2.05, 4.69) is 37.6 Å². The number of carbonyl (C=O) groups is 2. The lowest BCUT2D eigenvalue weighted by Crippen LogP contribution is -2.41. The van der Waals surface area contributed by atoms with Crippen LogP contribution in [0.2, 0.25) is 0 Å². The Bertz CT molecular complexity index is 955. The second-order valence-electron chi connectivity index (χ2n) is 8.90. The highest BCUT2D eigenvalue weighted by molar-refractivity contribution is 7.99. The summed E-state index contributed by atoms with van der Waals surface area (Å²) in [6, 6.07) is 11.9. The molecular weight excluding hydrogens is 434 g/mol. The Morgan fingerprint density at radius 3 is 2.58 bits per heavy atom. The Labute approximate surface area is 200 Å². The molecule has 0 spiro atoms. The molecule has 0 saturated carbocycles. The van der Waals surface area contributed by atoms with E-state index in [0.29, 0.717) is 12.4 Å². The number of nitrogens with zero attached hydrogens (tertiary/aromatic N) is 3. The number of pyridine rings is 1. The van der Waals surface area contributed by atoms with Crippen LogP contribution in [0.25, 0.3) is 0 Å². The molecule has 2 aromatic rings. The minimum absolute atomic E-state index is 0.00613. The van der Waals surface area contributed by atoms with Gasteiger partial charge in [-0.25, -0.2) is 4.98 Å². The number of likely N-dealkylation sites (tertiary alicyclic amines) is 1. The zero-order chi connectivity index (χ0) is 23.0. The van der Waals surface area contributed by atoms with Crippen LogP contribution in [0.15, 0.2) is 42.6 Å². The van der Waals surface area contributed by atoms with Crippen LogP contribution >= 0.6 is 11.8 Å². The van der Waals surface area contributed by atoms with Gasteiger partial charge in [0, 0.05) is 48.9 Å². The zero-order valence-electron chi connectivity index (χ0n) is 19.3. The zero-order valence-corrected chi connectivity index (χ0v) is 20.1. The predicted octanol–water partition coefficient (Wildman–Crippen LogP) is 3.23. The molecular formula is C25H33N5O2S. The van der Waals surface area contributed by atoms with Crippen LogP contribution in [0.1, 0.15) is 24.0 Å². The van der Waals surface area contributed by atoms with Crippen molar-refractivity contribution < 1.29 is 9.59 Å². The maximum absolute atomic E-state index is 12.6. The van der Waals surface area contributed by atoms with Crippen molar-refractivity contribution in [1.82, 2.24) is 14.8 Å². The number of amides is 2. The van der Waals surface area contributed by atoms with Crippen molar-refractivity contribution >= 4 is 35.1 Å². The predicted molar refractivity (Wildman–Crippen MR) is 134 cm³/mol. The topological polar surface area (TPSA) is 77.6 Å². The molecule has 2 fully saturated rings. The van der Waals surface area contributed by atoms with E-state index >= 15 is 0 Å². The van der Waals surface area contributed by atoms with Gasteiger partial charge in [-0.1, -0.05) is 12.1 Å². The van der Waals surface area contributed by atoms with E-state index < -0.39 is 0 Å². The molecule has 2 aliphatic rings. The number of aryl methyl sites for hydroxylation is 1. The third-order valence-electron chi connectivity index (χ3n) is 6.21. The molecule has 0 atom stereocenters. The minimum atomic E-state index is -0.0449. The summed E-state index contributed by atoms with van der Waals surface area (Å²) in [6.45, 7) is 6.97. The van der Waals surface area contributed by atoms with Gasteiger partial charge in [0.15, 0.2) is 0 Å². The number of rotatable bonds is 7. The van der Waals surface area contributed by atoms with E-state index in [1.165, 1.54) is 17.1 Å². The van der Waals surface area contributed by atoms with E-state index in [4.69, 9.17) is 0 Å². The van der Waals surface area contributed by atoms with Crippen molar-refractivity contribution in [2.45, 2.75) is 26.3 Å². The van der Waals surface area contributed by atoms with Gasteiger partial charge in [-0.2, -0.15) is 11.8 Å². The van der Waals surface area contributed by atoms with Gasteiger partial charge in [0.25, 0.3) is 0 Å². The number of hydrogen-bond donors (Lipinski definition) is 2. The van der Waals surface area contributed by atoms with Gasteiger partial charge < -0.3 is 10.6 Å². The van der Waals surface area contributed by atoms with Gasteiger partial charge in [-0.05, 0) is 68.2 Å². The third-order valence-corrected chi connectivity index (χ3v) is 7.16. The monoisotopic (exact) mass is 467 g/mol. The highest BCUT2D eigenvalue weighted by atomic mass is 32.2. The number of piperidine rings is 1. The fourth-order valence-electron chi connectivity index (χ4n) is 4.35. The first-order valence-electron chi connectivity index (χ1n) is 11.7. The highest BCUT2D eigenvalue weighted by Crippen LogP contribution is 2.20. The van der Waals surface area contributed by atoms with Crippen LogP contribution in [-0.2, 0) is 16.1 Å². The lowest BCUT2D eigenvalue weighted by atomic mass is 9.96. The molecule has 2 aliphatic heterocycles. The van der Waals surface area contributed by atoms with Gasteiger partial charge >= 0.3 is 0 Å². The third kappa shape index (κ3) is 7.28. The van der Waals surface area contributed by atoms with Gasteiger partial charge in [0.1, 0.15) is 5.82 Å². The maximum Gasteiger partial charge on any atom is 0.238 e.